The van der Waals surface area contributed by atoms with E-state index in [1.807, 2.05) is 13.8 Å². The van der Waals surface area contributed by atoms with E-state index >= 15 is 0 Å². The van der Waals surface area contributed by atoms with Gasteiger partial charge in [-0.25, -0.2) is 4.79 Å². The van der Waals surface area contributed by atoms with Crippen molar-refractivity contribution >= 4 is 29.6 Å². The summed E-state index contributed by atoms with van der Waals surface area (Å²) in [4.78, 5) is 40.0. The molecular weight excluding hydrogens is 464 g/mol. The average molecular weight is 499 g/mol. The van der Waals surface area contributed by atoms with Gasteiger partial charge in [0.05, 0.1) is 36.8 Å². The molecule has 1 atom stereocenters. The summed E-state index contributed by atoms with van der Waals surface area (Å²) >= 11 is 6.44. The van der Waals surface area contributed by atoms with Crippen LogP contribution in [0.25, 0.3) is 0 Å². The van der Waals surface area contributed by atoms with Gasteiger partial charge in [-0.2, -0.15) is 0 Å². The number of carbonyl (C=O) groups is 3. The lowest BCUT2D eigenvalue weighted by molar-refractivity contribution is -0.155. The van der Waals surface area contributed by atoms with E-state index in [-0.39, 0.29) is 53.9 Å². The van der Waals surface area contributed by atoms with Crippen molar-refractivity contribution in [3.05, 3.63) is 22.7 Å². The molecule has 1 saturated heterocycles. The van der Waals surface area contributed by atoms with Crippen molar-refractivity contribution < 1.29 is 33.7 Å². The van der Waals surface area contributed by atoms with E-state index in [4.69, 9.17) is 25.8 Å². The number of esters is 1. The van der Waals surface area contributed by atoms with Gasteiger partial charge in [0.25, 0.3) is 5.91 Å². The second-order valence-corrected chi connectivity index (χ2v) is 9.91. The summed E-state index contributed by atoms with van der Waals surface area (Å²) in [6.07, 6.45) is 0.394. The lowest BCUT2D eigenvalue weighted by Gasteiger charge is -2.40. The highest BCUT2D eigenvalue weighted by Gasteiger charge is 2.33. The fourth-order valence-electron chi connectivity index (χ4n) is 3.92. The molecule has 0 aliphatic carbocycles. The lowest BCUT2D eigenvalue weighted by Crippen LogP contribution is -2.53. The van der Waals surface area contributed by atoms with Crippen molar-refractivity contribution in [1.82, 2.24) is 9.80 Å². The average Bonchev–Trinajstić information content (AvgIpc) is 2.73. The molecule has 0 bridgehead atoms. The second-order valence-electron chi connectivity index (χ2n) is 9.50. The van der Waals surface area contributed by atoms with Gasteiger partial charge >= 0.3 is 12.1 Å². The number of nitrogens with zero attached hydrogens (tertiary/aromatic N) is 2. The van der Waals surface area contributed by atoms with Crippen molar-refractivity contribution in [1.29, 1.82) is 0 Å². The molecule has 34 heavy (non-hydrogen) atoms. The normalized spacial score (nSPS) is 16.2. The maximum absolute atomic E-state index is 13.6. The van der Waals surface area contributed by atoms with Crippen LogP contribution in [0.3, 0.4) is 0 Å². The van der Waals surface area contributed by atoms with Gasteiger partial charge in [-0.05, 0) is 53.5 Å². The van der Waals surface area contributed by atoms with Crippen LogP contribution in [-0.2, 0) is 9.53 Å². The largest absolute Gasteiger partial charge is 0.493 e. The van der Waals surface area contributed by atoms with Crippen LogP contribution in [0.2, 0.25) is 5.02 Å². The Bertz CT molecular complexity index is 898. The van der Waals surface area contributed by atoms with E-state index in [9.17, 15) is 19.5 Å². The molecule has 190 valence electrons. The first-order valence-corrected chi connectivity index (χ1v) is 11.7. The minimum Gasteiger partial charge on any atom is -0.493 e. The topological polar surface area (TPSA) is 106 Å². The van der Waals surface area contributed by atoms with Crippen LogP contribution in [0.4, 0.5) is 4.79 Å². The molecule has 0 spiro atoms. The third-order valence-corrected chi connectivity index (χ3v) is 5.63. The van der Waals surface area contributed by atoms with Crippen LogP contribution in [0.5, 0.6) is 11.5 Å². The summed E-state index contributed by atoms with van der Waals surface area (Å²) in [6.45, 7) is 9.85. The van der Waals surface area contributed by atoms with Gasteiger partial charge in [0.1, 0.15) is 5.60 Å². The SMILES string of the molecule is COc1cc(Cl)c(C(=O)N(C(C)C)[C@@H]2CCCN(C(=O)O)C2)cc1OCCC(=O)OC(C)(C)C. The number of hydrogen-bond acceptors (Lipinski definition) is 6. The minimum atomic E-state index is -0.996. The Morgan fingerprint density at radius 1 is 1.24 bits per heavy atom. The fourth-order valence-corrected chi connectivity index (χ4v) is 4.16. The van der Waals surface area contributed by atoms with E-state index in [1.54, 1.807) is 25.7 Å². The number of likely N-dealkylation sites (tertiary alicyclic amines) is 1. The molecule has 9 nitrogen and oxygen atoms in total. The van der Waals surface area contributed by atoms with E-state index in [0.717, 1.165) is 0 Å². The van der Waals surface area contributed by atoms with E-state index in [1.165, 1.54) is 24.1 Å². The predicted molar refractivity (Wildman–Crippen MR) is 128 cm³/mol. The first kappa shape index (κ1) is 27.6. The molecule has 0 radical (unpaired) electrons. The third kappa shape index (κ3) is 7.41. The zero-order valence-electron chi connectivity index (χ0n) is 20.7. The van der Waals surface area contributed by atoms with Gasteiger partial charge in [0.2, 0.25) is 0 Å². The molecule has 1 N–H and O–H groups in total. The number of hydrogen-bond donors (Lipinski definition) is 1. The Balaban J connectivity index is 2.24. The maximum Gasteiger partial charge on any atom is 0.407 e. The van der Waals surface area contributed by atoms with Gasteiger partial charge in [-0.3, -0.25) is 9.59 Å². The first-order valence-electron chi connectivity index (χ1n) is 11.4. The molecule has 1 aromatic rings. The number of rotatable bonds is 8. The zero-order valence-corrected chi connectivity index (χ0v) is 21.5. The van der Waals surface area contributed by atoms with Gasteiger partial charge in [-0.1, -0.05) is 11.6 Å². The highest BCUT2D eigenvalue weighted by molar-refractivity contribution is 6.34. The molecule has 0 unspecified atom stereocenters. The second kappa shape index (κ2) is 11.6. The Hall–Kier alpha value is -2.68. The van der Waals surface area contributed by atoms with Gasteiger partial charge < -0.3 is 29.1 Å². The smallest absolute Gasteiger partial charge is 0.407 e. The summed E-state index contributed by atoms with van der Waals surface area (Å²) in [5.41, 5.74) is -0.375. The van der Waals surface area contributed by atoms with Crippen LogP contribution in [0.1, 0.15) is 64.2 Å². The molecule has 1 aliphatic rings. The van der Waals surface area contributed by atoms with Crippen molar-refractivity contribution in [3.63, 3.8) is 0 Å². The molecular formula is C24H35ClN2O7. The van der Waals surface area contributed by atoms with Crippen molar-refractivity contribution in [2.45, 2.75) is 71.6 Å². The quantitative estimate of drug-likeness (QED) is 0.527. The molecule has 1 heterocycles. The number of ether oxygens (including phenoxy) is 3. The monoisotopic (exact) mass is 498 g/mol. The number of carbonyl (C=O) groups excluding carboxylic acids is 2. The fraction of sp³-hybridized carbons (Fsp3) is 0.625. The lowest BCUT2D eigenvalue weighted by atomic mass is 10.0. The van der Waals surface area contributed by atoms with E-state index in [0.29, 0.717) is 25.1 Å². The summed E-state index contributed by atoms with van der Waals surface area (Å²) in [5, 5.41) is 9.58. The summed E-state index contributed by atoms with van der Waals surface area (Å²) in [7, 11) is 1.46. The molecule has 1 aliphatic heterocycles. The van der Waals surface area contributed by atoms with Crippen LogP contribution in [-0.4, -0.2) is 77.4 Å². The molecule has 2 amide bonds. The molecule has 0 saturated carbocycles. The van der Waals surface area contributed by atoms with Crippen LogP contribution < -0.4 is 9.47 Å². The number of methoxy groups -OCH3 is 1. The van der Waals surface area contributed by atoms with Crippen molar-refractivity contribution in [3.8, 4) is 11.5 Å². The predicted octanol–water partition coefficient (Wildman–Crippen LogP) is 4.45. The Morgan fingerprint density at radius 2 is 1.91 bits per heavy atom. The molecule has 0 aromatic heterocycles. The summed E-state index contributed by atoms with van der Waals surface area (Å²) in [6, 6.07) is 2.56. The Labute approximate surface area is 205 Å². The Kier molecular flexibility index (Phi) is 9.44. The first-order chi connectivity index (χ1) is 15.8. The third-order valence-electron chi connectivity index (χ3n) is 5.32. The van der Waals surface area contributed by atoms with Crippen LogP contribution in [0.15, 0.2) is 12.1 Å². The van der Waals surface area contributed by atoms with Crippen LogP contribution >= 0.6 is 11.6 Å². The molecule has 1 aromatic carbocycles. The highest BCUT2D eigenvalue weighted by Crippen LogP contribution is 2.35. The number of halogens is 1. The van der Waals surface area contributed by atoms with Gasteiger partial charge in [-0.15, -0.1) is 0 Å². The molecule has 2 rings (SSSR count). The molecule has 1 fully saturated rings. The van der Waals surface area contributed by atoms with E-state index in [2.05, 4.69) is 0 Å². The van der Waals surface area contributed by atoms with Gasteiger partial charge in [0, 0.05) is 25.2 Å². The summed E-state index contributed by atoms with van der Waals surface area (Å²) < 4.78 is 16.4. The van der Waals surface area contributed by atoms with Gasteiger partial charge in [0.15, 0.2) is 11.5 Å². The highest BCUT2D eigenvalue weighted by atomic mass is 35.5. The van der Waals surface area contributed by atoms with E-state index < -0.39 is 17.7 Å². The number of amides is 2. The number of piperidine rings is 1. The maximum atomic E-state index is 13.6. The van der Waals surface area contributed by atoms with Crippen molar-refractivity contribution in [2.75, 3.05) is 26.8 Å². The number of carboxylic acid groups (broad SMARTS) is 1. The zero-order chi connectivity index (χ0) is 25.6. The molecule has 10 heteroatoms. The number of benzene rings is 1. The Morgan fingerprint density at radius 3 is 2.47 bits per heavy atom. The van der Waals surface area contributed by atoms with Crippen LogP contribution in [0, 0.1) is 0 Å². The minimum absolute atomic E-state index is 0.0253. The van der Waals surface area contributed by atoms with Crippen molar-refractivity contribution in [2.24, 2.45) is 0 Å². The summed E-state index contributed by atoms with van der Waals surface area (Å²) in [5.74, 6) is -0.116. The standard InChI is InChI=1S/C24H35ClN2O7/c1-15(2)27(16-8-7-10-26(14-16)23(30)31)22(29)17-12-20(19(32-6)13-18(17)25)33-11-9-21(28)34-24(3,4)5/h12-13,15-16H,7-11,14H2,1-6H3,(H,30,31)/t16-/m1/s1.